The van der Waals surface area contributed by atoms with Gasteiger partial charge in [-0.2, -0.15) is 0 Å². The molecular formula is C11H15NO3. The quantitative estimate of drug-likeness (QED) is 0.771. The van der Waals surface area contributed by atoms with Gasteiger partial charge < -0.3 is 15.2 Å². The van der Waals surface area contributed by atoms with E-state index in [2.05, 4.69) is 5.32 Å². The van der Waals surface area contributed by atoms with Gasteiger partial charge in [-0.25, -0.2) is 0 Å². The molecule has 0 bridgehead atoms. The van der Waals surface area contributed by atoms with E-state index in [-0.39, 0.29) is 18.6 Å². The second-order valence-electron chi connectivity index (χ2n) is 3.29. The van der Waals surface area contributed by atoms with E-state index in [1.807, 2.05) is 0 Å². The molecule has 0 aliphatic heterocycles. The molecule has 1 rings (SSSR count). The van der Waals surface area contributed by atoms with Gasteiger partial charge in [0.1, 0.15) is 5.75 Å². The summed E-state index contributed by atoms with van der Waals surface area (Å²) < 4.78 is 4.98. The molecule has 4 heteroatoms. The molecule has 0 fully saturated rings. The van der Waals surface area contributed by atoms with Crippen LogP contribution in [0.15, 0.2) is 24.3 Å². The van der Waals surface area contributed by atoms with E-state index in [1.54, 1.807) is 38.3 Å². The molecule has 1 aromatic rings. The first-order valence-electron chi connectivity index (χ1n) is 4.73. The van der Waals surface area contributed by atoms with E-state index in [1.165, 1.54) is 0 Å². The average Bonchev–Trinajstić information content (AvgIpc) is 2.29. The van der Waals surface area contributed by atoms with Crippen molar-refractivity contribution in [2.45, 2.75) is 13.0 Å². The molecule has 0 aliphatic carbocycles. The van der Waals surface area contributed by atoms with E-state index in [9.17, 15) is 4.79 Å². The number of hydrogen-bond acceptors (Lipinski definition) is 3. The van der Waals surface area contributed by atoms with E-state index in [0.29, 0.717) is 11.3 Å². The molecule has 0 aliphatic rings. The lowest BCUT2D eigenvalue weighted by Crippen LogP contribution is -2.34. The molecule has 15 heavy (non-hydrogen) atoms. The van der Waals surface area contributed by atoms with Crippen LogP contribution < -0.4 is 10.1 Å². The predicted octanol–water partition coefficient (Wildman–Crippen LogP) is 0.806. The molecule has 1 amide bonds. The van der Waals surface area contributed by atoms with Crippen LogP contribution in [0.4, 0.5) is 0 Å². The smallest absolute Gasteiger partial charge is 0.251 e. The Labute approximate surface area is 88.9 Å². The summed E-state index contributed by atoms with van der Waals surface area (Å²) >= 11 is 0. The predicted molar refractivity (Wildman–Crippen MR) is 57.0 cm³/mol. The van der Waals surface area contributed by atoms with E-state index in [0.717, 1.165) is 0 Å². The minimum Gasteiger partial charge on any atom is -0.497 e. The minimum atomic E-state index is -0.236. The van der Waals surface area contributed by atoms with Gasteiger partial charge in [0.05, 0.1) is 13.7 Å². The zero-order valence-corrected chi connectivity index (χ0v) is 8.86. The molecule has 1 atom stereocenters. The SMILES string of the molecule is COc1ccc(C(=O)N[C@@H](C)CO)cc1. The summed E-state index contributed by atoms with van der Waals surface area (Å²) in [4.78, 5) is 11.6. The number of methoxy groups -OCH3 is 1. The highest BCUT2D eigenvalue weighted by Gasteiger charge is 2.08. The summed E-state index contributed by atoms with van der Waals surface area (Å²) in [6.45, 7) is 1.67. The van der Waals surface area contributed by atoms with Crippen LogP contribution in [-0.4, -0.2) is 30.8 Å². The normalized spacial score (nSPS) is 11.9. The molecule has 0 saturated carbocycles. The maximum absolute atomic E-state index is 11.6. The van der Waals surface area contributed by atoms with Crippen molar-refractivity contribution >= 4 is 5.91 Å². The Kier molecular flexibility index (Phi) is 4.12. The molecule has 0 radical (unpaired) electrons. The summed E-state index contributed by atoms with van der Waals surface area (Å²) in [6, 6.07) is 6.56. The number of amides is 1. The summed E-state index contributed by atoms with van der Waals surface area (Å²) in [5, 5.41) is 11.4. The van der Waals surface area contributed by atoms with Gasteiger partial charge >= 0.3 is 0 Å². The zero-order chi connectivity index (χ0) is 11.3. The maximum Gasteiger partial charge on any atom is 0.251 e. The van der Waals surface area contributed by atoms with Crippen LogP contribution in [0.2, 0.25) is 0 Å². The molecule has 82 valence electrons. The number of carbonyl (C=O) groups is 1. The number of aliphatic hydroxyl groups excluding tert-OH is 1. The molecule has 0 unspecified atom stereocenters. The lowest BCUT2D eigenvalue weighted by atomic mass is 10.2. The summed E-state index contributed by atoms with van der Waals surface area (Å²) in [7, 11) is 1.57. The van der Waals surface area contributed by atoms with Gasteiger partial charge in [-0.3, -0.25) is 4.79 Å². The Morgan fingerprint density at radius 2 is 2.07 bits per heavy atom. The van der Waals surface area contributed by atoms with Gasteiger partial charge in [-0.05, 0) is 31.2 Å². The van der Waals surface area contributed by atoms with Crippen LogP contribution in [0, 0.1) is 0 Å². The van der Waals surface area contributed by atoms with Crippen molar-refractivity contribution in [3.05, 3.63) is 29.8 Å². The molecule has 2 N–H and O–H groups in total. The van der Waals surface area contributed by atoms with E-state index < -0.39 is 0 Å². The molecule has 4 nitrogen and oxygen atoms in total. The first-order valence-corrected chi connectivity index (χ1v) is 4.73. The van der Waals surface area contributed by atoms with Gasteiger partial charge in [-0.15, -0.1) is 0 Å². The average molecular weight is 209 g/mol. The van der Waals surface area contributed by atoms with Crippen LogP contribution in [0.3, 0.4) is 0 Å². The van der Waals surface area contributed by atoms with Crippen LogP contribution in [0.5, 0.6) is 5.75 Å². The van der Waals surface area contributed by atoms with Crippen LogP contribution in [-0.2, 0) is 0 Å². The number of aliphatic hydroxyl groups is 1. The third kappa shape index (κ3) is 3.25. The van der Waals surface area contributed by atoms with Crippen molar-refractivity contribution in [2.24, 2.45) is 0 Å². The number of rotatable bonds is 4. The molecule has 0 spiro atoms. The zero-order valence-electron chi connectivity index (χ0n) is 8.86. The number of nitrogens with one attached hydrogen (secondary N) is 1. The van der Waals surface area contributed by atoms with E-state index >= 15 is 0 Å². The minimum absolute atomic E-state index is 0.0676. The summed E-state index contributed by atoms with van der Waals surface area (Å²) in [6.07, 6.45) is 0. The highest BCUT2D eigenvalue weighted by molar-refractivity contribution is 5.94. The largest absolute Gasteiger partial charge is 0.497 e. The van der Waals surface area contributed by atoms with Crippen molar-refractivity contribution < 1.29 is 14.6 Å². The number of hydrogen-bond donors (Lipinski definition) is 2. The van der Waals surface area contributed by atoms with E-state index in [4.69, 9.17) is 9.84 Å². The second-order valence-corrected chi connectivity index (χ2v) is 3.29. The summed E-state index contributed by atoms with van der Waals surface area (Å²) in [5.41, 5.74) is 0.552. The fourth-order valence-electron chi connectivity index (χ4n) is 1.10. The first-order chi connectivity index (χ1) is 7.17. The fraction of sp³-hybridized carbons (Fsp3) is 0.364. The Morgan fingerprint density at radius 3 is 2.53 bits per heavy atom. The van der Waals surface area contributed by atoms with Gasteiger partial charge in [0.15, 0.2) is 0 Å². The van der Waals surface area contributed by atoms with Crippen molar-refractivity contribution in [2.75, 3.05) is 13.7 Å². The lowest BCUT2D eigenvalue weighted by Gasteiger charge is -2.10. The Morgan fingerprint density at radius 1 is 1.47 bits per heavy atom. The maximum atomic E-state index is 11.6. The van der Waals surface area contributed by atoms with Gasteiger partial charge in [0, 0.05) is 11.6 Å². The van der Waals surface area contributed by atoms with Gasteiger partial charge in [-0.1, -0.05) is 0 Å². The molecular weight excluding hydrogens is 194 g/mol. The topological polar surface area (TPSA) is 58.6 Å². The Bertz CT molecular complexity index is 321. The molecule has 0 heterocycles. The number of ether oxygens (including phenoxy) is 1. The van der Waals surface area contributed by atoms with Gasteiger partial charge in [0.25, 0.3) is 5.91 Å². The fourth-order valence-corrected chi connectivity index (χ4v) is 1.10. The molecule has 0 aromatic heterocycles. The van der Waals surface area contributed by atoms with Crippen molar-refractivity contribution in [3.8, 4) is 5.75 Å². The highest BCUT2D eigenvalue weighted by Crippen LogP contribution is 2.11. The van der Waals surface area contributed by atoms with Crippen molar-refractivity contribution in [1.82, 2.24) is 5.32 Å². The Hall–Kier alpha value is -1.55. The van der Waals surface area contributed by atoms with Crippen molar-refractivity contribution in [3.63, 3.8) is 0 Å². The monoisotopic (exact) mass is 209 g/mol. The lowest BCUT2D eigenvalue weighted by molar-refractivity contribution is 0.0922. The van der Waals surface area contributed by atoms with Crippen LogP contribution in [0.25, 0.3) is 0 Å². The number of carbonyl (C=O) groups excluding carboxylic acids is 1. The van der Waals surface area contributed by atoms with Crippen LogP contribution >= 0.6 is 0 Å². The number of benzene rings is 1. The molecule has 0 saturated heterocycles. The van der Waals surface area contributed by atoms with Crippen molar-refractivity contribution in [1.29, 1.82) is 0 Å². The Balaban J connectivity index is 2.66. The first kappa shape index (κ1) is 11.5. The third-order valence-corrected chi connectivity index (χ3v) is 2.00. The molecule has 1 aromatic carbocycles. The van der Waals surface area contributed by atoms with Gasteiger partial charge in [0.2, 0.25) is 0 Å². The summed E-state index contributed by atoms with van der Waals surface area (Å²) in [5.74, 6) is 0.515. The highest BCUT2D eigenvalue weighted by atomic mass is 16.5. The third-order valence-electron chi connectivity index (χ3n) is 2.00. The van der Waals surface area contributed by atoms with Crippen LogP contribution in [0.1, 0.15) is 17.3 Å². The second kappa shape index (κ2) is 5.36. The standard InChI is InChI=1S/C11H15NO3/c1-8(7-13)12-11(14)9-3-5-10(15-2)6-4-9/h3-6,8,13H,7H2,1-2H3,(H,12,14)/t8-/m0/s1.